The number of aromatic hydroxyl groups is 2. The standard InChI is InChI=1S/C14H10F2O3/c15-9-3-8(4-10(16)6-9)5-13(18)12-2-1-11(17)7-14(12)19/h1-4,6-7,17,19H,5H2. The lowest BCUT2D eigenvalue weighted by Gasteiger charge is -2.05. The van der Waals surface area contributed by atoms with Crippen LogP contribution in [0.4, 0.5) is 8.78 Å². The van der Waals surface area contributed by atoms with Gasteiger partial charge in [-0.25, -0.2) is 8.78 Å². The summed E-state index contributed by atoms with van der Waals surface area (Å²) in [6.07, 6.45) is -0.243. The molecule has 2 aromatic rings. The monoisotopic (exact) mass is 264 g/mol. The predicted molar refractivity (Wildman–Crippen MR) is 64.2 cm³/mol. The summed E-state index contributed by atoms with van der Waals surface area (Å²) in [7, 11) is 0. The van der Waals surface area contributed by atoms with Crippen molar-refractivity contribution in [2.24, 2.45) is 0 Å². The van der Waals surface area contributed by atoms with Crippen molar-refractivity contribution < 1.29 is 23.8 Å². The number of ketones is 1. The van der Waals surface area contributed by atoms with Crippen molar-refractivity contribution >= 4 is 5.78 Å². The number of carbonyl (C=O) groups excluding carboxylic acids is 1. The van der Waals surface area contributed by atoms with Crippen molar-refractivity contribution in [1.29, 1.82) is 0 Å². The normalized spacial score (nSPS) is 10.4. The lowest BCUT2D eigenvalue weighted by Crippen LogP contribution is -2.04. The molecular formula is C14H10F2O3. The fourth-order valence-electron chi connectivity index (χ4n) is 1.75. The van der Waals surface area contributed by atoms with Crippen molar-refractivity contribution in [3.63, 3.8) is 0 Å². The van der Waals surface area contributed by atoms with Crippen LogP contribution in [0.15, 0.2) is 36.4 Å². The van der Waals surface area contributed by atoms with Crippen molar-refractivity contribution in [2.45, 2.75) is 6.42 Å². The zero-order valence-electron chi connectivity index (χ0n) is 9.73. The molecule has 0 unspecified atom stereocenters. The Kier molecular flexibility index (Phi) is 3.46. The van der Waals surface area contributed by atoms with E-state index >= 15 is 0 Å². The molecule has 0 fully saturated rings. The average molecular weight is 264 g/mol. The zero-order valence-corrected chi connectivity index (χ0v) is 9.73. The summed E-state index contributed by atoms with van der Waals surface area (Å²) in [6.45, 7) is 0. The second-order valence-electron chi connectivity index (χ2n) is 4.08. The number of carbonyl (C=O) groups is 1. The van der Waals surface area contributed by atoms with Gasteiger partial charge in [0.1, 0.15) is 23.1 Å². The lowest BCUT2D eigenvalue weighted by atomic mass is 10.0. The maximum atomic E-state index is 13.0. The fourth-order valence-corrected chi connectivity index (χ4v) is 1.75. The van der Waals surface area contributed by atoms with Crippen LogP contribution in [0.1, 0.15) is 15.9 Å². The molecule has 0 atom stereocenters. The minimum Gasteiger partial charge on any atom is -0.508 e. The summed E-state index contributed by atoms with van der Waals surface area (Å²) < 4.78 is 26.0. The largest absolute Gasteiger partial charge is 0.508 e. The molecule has 2 N–H and O–H groups in total. The quantitative estimate of drug-likeness (QED) is 0.838. The van der Waals surface area contributed by atoms with Gasteiger partial charge in [-0.2, -0.15) is 0 Å². The van der Waals surface area contributed by atoms with Gasteiger partial charge in [-0.1, -0.05) is 0 Å². The first kappa shape index (κ1) is 13.0. The van der Waals surface area contributed by atoms with Gasteiger partial charge in [0.05, 0.1) is 5.56 Å². The third-order valence-electron chi connectivity index (χ3n) is 2.57. The molecule has 0 heterocycles. The smallest absolute Gasteiger partial charge is 0.170 e. The molecule has 2 rings (SSSR count). The molecule has 0 saturated carbocycles. The first-order valence-corrected chi connectivity index (χ1v) is 5.46. The Bertz CT molecular complexity index is 618. The number of rotatable bonds is 3. The summed E-state index contributed by atoms with van der Waals surface area (Å²) in [4.78, 5) is 11.9. The van der Waals surface area contributed by atoms with Crippen LogP contribution in [0.25, 0.3) is 0 Å². The van der Waals surface area contributed by atoms with Gasteiger partial charge in [-0.05, 0) is 29.8 Å². The molecule has 19 heavy (non-hydrogen) atoms. The number of Topliss-reactive ketones (excluding diaryl/α,β-unsaturated/α-hetero) is 1. The summed E-state index contributed by atoms with van der Waals surface area (Å²) in [6, 6.07) is 6.35. The lowest BCUT2D eigenvalue weighted by molar-refractivity contribution is 0.0990. The van der Waals surface area contributed by atoms with E-state index in [1.807, 2.05) is 0 Å². The van der Waals surface area contributed by atoms with Crippen molar-refractivity contribution in [1.82, 2.24) is 0 Å². The first-order chi connectivity index (χ1) is 8.95. The van der Waals surface area contributed by atoms with Crippen LogP contribution in [-0.4, -0.2) is 16.0 Å². The van der Waals surface area contributed by atoms with Crippen LogP contribution < -0.4 is 0 Å². The summed E-state index contributed by atoms with van der Waals surface area (Å²) in [5.74, 6) is -2.58. The van der Waals surface area contributed by atoms with Gasteiger partial charge in [0.2, 0.25) is 0 Å². The van der Waals surface area contributed by atoms with Crippen LogP contribution >= 0.6 is 0 Å². The Morgan fingerprint density at radius 3 is 2.21 bits per heavy atom. The van der Waals surface area contributed by atoms with Gasteiger partial charge < -0.3 is 10.2 Å². The van der Waals surface area contributed by atoms with Gasteiger partial charge in [0, 0.05) is 18.6 Å². The third-order valence-corrected chi connectivity index (χ3v) is 2.57. The Morgan fingerprint density at radius 2 is 1.63 bits per heavy atom. The maximum Gasteiger partial charge on any atom is 0.170 e. The Labute approximate surface area is 107 Å². The molecule has 0 aliphatic rings. The van der Waals surface area contributed by atoms with Gasteiger partial charge in [0.25, 0.3) is 0 Å². The number of halogens is 2. The van der Waals surface area contributed by atoms with E-state index in [0.717, 1.165) is 18.2 Å². The van der Waals surface area contributed by atoms with Crippen LogP contribution in [0.2, 0.25) is 0 Å². The summed E-state index contributed by atoms with van der Waals surface area (Å²) in [5.41, 5.74) is 0.164. The molecule has 5 heteroatoms. The number of phenolic OH excluding ortho intramolecular Hbond substituents is 2. The number of hydrogen-bond donors (Lipinski definition) is 2. The van der Waals surface area contributed by atoms with E-state index < -0.39 is 17.4 Å². The first-order valence-electron chi connectivity index (χ1n) is 5.46. The zero-order chi connectivity index (χ0) is 14.0. The van der Waals surface area contributed by atoms with Crippen LogP contribution in [0, 0.1) is 11.6 Å². The number of phenols is 2. The maximum absolute atomic E-state index is 13.0. The van der Waals surface area contributed by atoms with Crippen molar-refractivity contribution in [3.8, 4) is 11.5 Å². The second kappa shape index (κ2) is 5.06. The van der Waals surface area contributed by atoms with Crippen LogP contribution in [0.5, 0.6) is 11.5 Å². The van der Waals surface area contributed by atoms with Gasteiger partial charge in [0.15, 0.2) is 5.78 Å². The minimum absolute atomic E-state index is 0.0116. The topological polar surface area (TPSA) is 57.5 Å². The SMILES string of the molecule is O=C(Cc1cc(F)cc(F)c1)c1ccc(O)cc1O. The number of hydrogen-bond acceptors (Lipinski definition) is 3. The molecule has 0 radical (unpaired) electrons. The van der Waals surface area contributed by atoms with E-state index in [1.165, 1.54) is 12.1 Å². The number of benzene rings is 2. The van der Waals surface area contributed by atoms with E-state index in [-0.39, 0.29) is 29.0 Å². The molecule has 2 aromatic carbocycles. The molecule has 0 bridgehead atoms. The molecule has 98 valence electrons. The van der Waals surface area contributed by atoms with Gasteiger partial charge >= 0.3 is 0 Å². The predicted octanol–water partition coefficient (Wildman–Crippen LogP) is 2.80. The van der Waals surface area contributed by atoms with Gasteiger partial charge in [-0.3, -0.25) is 4.79 Å². The average Bonchev–Trinajstić information content (AvgIpc) is 2.26. The molecular weight excluding hydrogens is 254 g/mol. The van der Waals surface area contributed by atoms with Gasteiger partial charge in [-0.15, -0.1) is 0 Å². The highest BCUT2D eigenvalue weighted by Gasteiger charge is 2.13. The highest BCUT2D eigenvalue weighted by Crippen LogP contribution is 2.24. The Balaban J connectivity index is 2.25. The molecule has 0 aliphatic carbocycles. The highest BCUT2D eigenvalue weighted by molar-refractivity contribution is 6.00. The minimum atomic E-state index is -0.766. The van der Waals surface area contributed by atoms with E-state index in [1.54, 1.807) is 0 Å². The van der Waals surface area contributed by atoms with Crippen LogP contribution in [0.3, 0.4) is 0 Å². The van der Waals surface area contributed by atoms with Crippen molar-refractivity contribution in [2.75, 3.05) is 0 Å². The Morgan fingerprint density at radius 1 is 1.00 bits per heavy atom. The highest BCUT2D eigenvalue weighted by atomic mass is 19.1. The summed E-state index contributed by atoms with van der Waals surface area (Å²) in [5, 5.41) is 18.6. The van der Waals surface area contributed by atoms with Crippen molar-refractivity contribution in [3.05, 3.63) is 59.2 Å². The Hall–Kier alpha value is -2.43. The fraction of sp³-hybridized carbons (Fsp3) is 0.0714. The molecule has 0 spiro atoms. The van der Waals surface area contributed by atoms with Crippen LogP contribution in [-0.2, 0) is 6.42 Å². The molecule has 0 amide bonds. The molecule has 0 aliphatic heterocycles. The van der Waals surface area contributed by atoms with E-state index in [9.17, 15) is 18.7 Å². The summed E-state index contributed by atoms with van der Waals surface area (Å²) >= 11 is 0. The van der Waals surface area contributed by atoms with E-state index in [4.69, 9.17) is 5.11 Å². The van der Waals surface area contributed by atoms with E-state index in [0.29, 0.717) is 6.07 Å². The second-order valence-corrected chi connectivity index (χ2v) is 4.08. The third kappa shape index (κ3) is 3.07. The molecule has 0 aromatic heterocycles. The molecule has 3 nitrogen and oxygen atoms in total. The van der Waals surface area contributed by atoms with E-state index in [2.05, 4.69) is 0 Å². The molecule has 0 saturated heterocycles.